The molecule has 3 heterocycles. The van der Waals surface area contributed by atoms with E-state index in [2.05, 4.69) is 10.1 Å². The number of anilines is 1. The third-order valence-corrected chi connectivity index (χ3v) is 3.85. The Morgan fingerprint density at radius 1 is 1.64 bits per heavy atom. The van der Waals surface area contributed by atoms with Crippen molar-refractivity contribution in [1.29, 1.82) is 5.26 Å². The highest BCUT2D eigenvalue weighted by Gasteiger charge is 2.60. The molecule has 2 aromatic rings. The van der Waals surface area contributed by atoms with Crippen molar-refractivity contribution >= 4 is 11.3 Å². The minimum Gasteiger partial charge on any atom is -0.392 e. The second-order valence-electron chi connectivity index (χ2n) is 5.06. The summed E-state index contributed by atoms with van der Waals surface area (Å²) in [5, 5.41) is 43.2. The van der Waals surface area contributed by atoms with E-state index in [0.29, 0.717) is 0 Å². The van der Waals surface area contributed by atoms with Crippen LogP contribution in [0.1, 0.15) is 5.69 Å². The molecule has 22 heavy (non-hydrogen) atoms. The van der Waals surface area contributed by atoms with Crippen LogP contribution in [0.15, 0.2) is 12.4 Å². The molecule has 1 aliphatic rings. The highest BCUT2D eigenvalue weighted by Crippen LogP contribution is 2.41. The Hall–Kier alpha value is -2.32. The fourth-order valence-corrected chi connectivity index (χ4v) is 2.59. The molecule has 0 bridgehead atoms. The number of fused-ring (bicyclic) bond motifs is 1. The number of nitriles is 1. The molecule has 3 atom stereocenters. The van der Waals surface area contributed by atoms with Gasteiger partial charge in [-0.05, 0) is 0 Å². The molecule has 1 aliphatic heterocycles. The van der Waals surface area contributed by atoms with Crippen molar-refractivity contribution in [2.24, 2.45) is 0 Å². The number of aliphatic hydroxyl groups excluding tert-OH is 2. The maximum Gasteiger partial charge on any atom is 0.206 e. The molecule has 0 aromatic carbocycles. The molecule has 1 fully saturated rings. The lowest BCUT2D eigenvalue weighted by Crippen LogP contribution is -2.50. The van der Waals surface area contributed by atoms with E-state index in [-0.39, 0.29) is 17.0 Å². The number of aliphatic hydroxyl groups is 3. The molecule has 10 heteroatoms. The van der Waals surface area contributed by atoms with Crippen molar-refractivity contribution < 1.29 is 24.4 Å². The van der Waals surface area contributed by atoms with Gasteiger partial charge in [0.25, 0.3) is 0 Å². The fourth-order valence-electron chi connectivity index (χ4n) is 2.59. The summed E-state index contributed by atoms with van der Waals surface area (Å²) in [5.74, 6) is -0.948. The first-order valence-electron chi connectivity index (χ1n) is 6.24. The second kappa shape index (κ2) is 4.59. The fraction of sp³-hybridized carbons (Fsp3) is 0.417. The van der Waals surface area contributed by atoms with Crippen LogP contribution < -0.4 is 5.73 Å². The summed E-state index contributed by atoms with van der Waals surface area (Å²) in [5.41, 5.74) is 1.09. The van der Waals surface area contributed by atoms with Gasteiger partial charge in [-0.15, -0.1) is 0 Å². The topological polar surface area (TPSA) is 150 Å². The number of halogens is 1. The zero-order valence-electron chi connectivity index (χ0n) is 11.1. The van der Waals surface area contributed by atoms with Gasteiger partial charge >= 0.3 is 0 Å². The van der Waals surface area contributed by atoms with Crippen LogP contribution in [0.2, 0.25) is 0 Å². The first-order chi connectivity index (χ1) is 10.4. The van der Waals surface area contributed by atoms with Crippen LogP contribution in [0.25, 0.3) is 5.52 Å². The van der Waals surface area contributed by atoms with Crippen molar-refractivity contribution in [3.8, 4) is 6.07 Å². The second-order valence-corrected chi connectivity index (χ2v) is 5.06. The van der Waals surface area contributed by atoms with Crippen LogP contribution in [0.3, 0.4) is 0 Å². The lowest BCUT2D eigenvalue weighted by Gasteiger charge is -2.28. The number of ether oxygens (including phenoxy) is 1. The van der Waals surface area contributed by atoms with Gasteiger partial charge in [0.1, 0.15) is 24.0 Å². The van der Waals surface area contributed by atoms with Crippen LogP contribution in [0.4, 0.5) is 10.2 Å². The molecule has 0 unspecified atom stereocenters. The number of nitrogen functional groups attached to an aromatic ring is 1. The smallest absolute Gasteiger partial charge is 0.206 e. The average molecular weight is 309 g/mol. The van der Waals surface area contributed by atoms with Crippen molar-refractivity contribution in [3.05, 3.63) is 23.9 Å². The quantitative estimate of drug-likeness (QED) is 0.512. The minimum absolute atomic E-state index is 0.149. The molecule has 116 valence electrons. The number of hydrogen-bond donors (Lipinski definition) is 4. The van der Waals surface area contributed by atoms with Gasteiger partial charge in [-0.1, -0.05) is 0 Å². The summed E-state index contributed by atoms with van der Waals surface area (Å²) in [6.45, 7) is -1.37. The van der Waals surface area contributed by atoms with E-state index in [1.54, 1.807) is 6.07 Å². The summed E-state index contributed by atoms with van der Waals surface area (Å²) in [4.78, 5) is 3.65. The molecular formula is C12H12FN5O4. The molecule has 0 amide bonds. The van der Waals surface area contributed by atoms with Gasteiger partial charge in [-0.25, -0.2) is 13.9 Å². The van der Waals surface area contributed by atoms with Gasteiger partial charge in [0, 0.05) is 6.07 Å². The molecule has 3 rings (SSSR count). The van der Waals surface area contributed by atoms with Gasteiger partial charge < -0.3 is 25.8 Å². The van der Waals surface area contributed by atoms with Crippen molar-refractivity contribution in [2.45, 2.75) is 17.3 Å². The van der Waals surface area contributed by atoms with Crippen LogP contribution in [0.5, 0.6) is 0 Å². The van der Waals surface area contributed by atoms with Gasteiger partial charge in [0.15, 0.2) is 17.2 Å². The van der Waals surface area contributed by atoms with Crippen molar-refractivity contribution in [3.63, 3.8) is 0 Å². The Morgan fingerprint density at radius 2 is 2.36 bits per heavy atom. The number of nitrogens with zero attached hydrogens (tertiary/aromatic N) is 4. The molecule has 1 saturated heterocycles. The lowest BCUT2D eigenvalue weighted by molar-refractivity contribution is -0.0830. The maximum atomic E-state index is 14.0. The van der Waals surface area contributed by atoms with E-state index in [4.69, 9.17) is 15.7 Å². The zero-order chi connectivity index (χ0) is 16.1. The summed E-state index contributed by atoms with van der Waals surface area (Å²) >= 11 is 0. The number of nitrogens with two attached hydrogens (primary N) is 1. The van der Waals surface area contributed by atoms with Crippen molar-refractivity contribution in [1.82, 2.24) is 14.6 Å². The van der Waals surface area contributed by atoms with Gasteiger partial charge in [-0.3, -0.25) is 0 Å². The van der Waals surface area contributed by atoms with Gasteiger partial charge in [0.2, 0.25) is 5.60 Å². The lowest BCUT2D eigenvalue weighted by atomic mass is 9.86. The van der Waals surface area contributed by atoms with Crippen LogP contribution in [-0.4, -0.2) is 54.8 Å². The standard InChI is InChI=1S/C12H12FN5O4/c13-6-1-7(18-8(6)9(15)16-5-17-18)12(21)4-22-11(2-14,3-19)10(12)20/h1,5,10,19-21H,3-4H2,(H2,15,16,17)/t10-,11-,12-/m1/s1. The number of hydrogen-bond acceptors (Lipinski definition) is 8. The van der Waals surface area contributed by atoms with Crippen LogP contribution in [0, 0.1) is 17.1 Å². The van der Waals surface area contributed by atoms with Crippen LogP contribution in [-0.2, 0) is 10.3 Å². The predicted molar refractivity (Wildman–Crippen MR) is 68.6 cm³/mol. The Kier molecular flexibility index (Phi) is 3.05. The molecule has 0 aliphatic carbocycles. The van der Waals surface area contributed by atoms with E-state index < -0.39 is 36.3 Å². The first-order valence-corrected chi connectivity index (χ1v) is 6.24. The van der Waals surface area contributed by atoms with Gasteiger partial charge in [0.05, 0.1) is 18.9 Å². The van der Waals surface area contributed by atoms with E-state index in [1.165, 1.54) is 0 Å². The SMILES string of the molecule is N#C[C@]1(CO)OC[C@@](O)(c2cc(F)c3c(N)ncnn23)[C@@H]1O. The summed E-state index contributed by atoms with van der Waals surface area (Å²) in [7, 11) is 0. The minimum atomic E-state index is -2.15. The van der Waals surface area contributed by atoms with Crippen LogP contribution >= 0.6 is 0 Å². The van der Waals surface area contributed by atoms with Gasteiger partial charge in [-0.2, -0.15) is 10.4 Å². The Balaban J connectivity index is 2.21. The maximum absolute atomic E-state index is 14.0. The molecule has 5 N–H and O–H groups in total. The zero-order valence-corrected chi connectivity index (χ0v) is 11.1. The van der Waals surface area contributed by atoms with Crippen molar-refractivity contribution in [2.75, 3.05) is 18.9 Å². The summed E-state index contributed by atoms with van der Waals surface area (Å²) in [6.07, 6.45) is -0.760. The molecule has 2 aromatic heterocycles. The monoisotopic (exact) mass is 309 g/mol. The molecule has 0 radical (unpaired) electrons. The average Bonchev–Trinajstić information content (AvgIpc) is 2.99. The Labute approximate surface area is 123 Å². The highest BCUT2D eigenvalue weighted by molar-refractivity contribution is 5.67. The summed E-state index contributed by atoms with van der Waals surface area (Å²) in [6, 6.07) is 2.55. The van der Waals surface area contributed by atoms with E-state index in [1.807, 2.05) is 0 Å². The summed E-state index contributed by atoms with van der Waals surface area (Å²) < 4.78 is 20.1. The molecule has 9 nitrogen and oxygen atoms in total. The third-order valence-electron chi connectivity index (χ3n) is 3.85. The molecule has 0 spiro atoms. The normalized spacial score (nSPS) is 31.5. The highest BCUT2D eigenvalue weighted by atomic mass is 19.1. The Bertz CT molecular complexity index is 790. The predicted octanol–water partition coefficient (Wildman–Crippen LogP) is -1.72. The third kappa shape index (κ3) is 1.65. The van der Waals surface area contributed by atoms with E-state index in [9.17, 15) is 19.7 Å². The van der Waals surface area contributed by atoms with E-state index in [0.717, 1.165) is 16.9 Å². The number of rotatable bonds is 2. The largest absolute Gasteiger partial charge is 0.392 e. The first kappa shape index (κ1) is 14.6. The number of aromatic nitrogens is 3. The molecule has 0 saturated carbocycles. The molecular weight excluding hydrogens is 297 g/mol. The van der Waals surface area contributed by atoms with E-state index >= 15 is 0 Å². The Morgan fingerprint density at radius 3 is 2.95 bits per heavy atom.